The summed E-state index contributed by atoms with van der Waals surface area (Å²) >= 11 is 0. The van der Waals surface area contributed by atoms with Crippen LogP contribution in [0.4, 0.5) is 0 Å². The van der Waals surface area contributed by atoms with Crippen LogP contribution in [0.25, 0.3) is 100 Å². The van der Waals surface area contributed by atoms with E-state index in [4.69, 9.17) is 24.4 Å². The van der Waals surface area contributed by atoms with E-state index in [0.29, 0.717) is 17.5 Å². The van der Waals surface area contributed by atoms with Crippen molar-refractivity contribution in [1.82, 2.24) is 19.9 Å². The number of fused-ring (bicyclic) bond motifs is 7. The van der Waals surface area contributed by atoms with Crippen molar-refractivity contribution in [2.45, 2.75) is 0 Å². The van der Waals surface area contributed by atoms with E-state index < -0.39 is 0 Å². The molecular formula is C46H28N4O. The molecule has 5 nitrogen and oxygen atoms in total. The molecule has 0 N–H and O–H groups in total. The molecule has 0 fully saturated rings. The molecule has 3 aromatic heterocycles. The zero-order valence-electron chi connectivity index (χ0n) is 27.4. The smallest absolute Gasteiger partial charge is 0.164 e. The molecule has 10 rings (SSSR count). The Bertz CT molecular complexity index is 2840. The van der Waals surface area contributed by atoms with E-state index in [2.05, 4.69) is 97.1 Å². The molecule has 51 heavy (non-hydrogen) atoms. The Morgan fingerprint density at radius 1 is 0.314 bits per heavy atom. The van der Waals surface area contributed by atoms with Crippen molar-refractivity contribution in [2.75, 3.05) is 0 Å². The number of hydrogen-bond donors (Lipinski definition) is 0. The van der Waals surface area contributed by atoms with E-state index in [1.807, 2.05) is 72.8 Å². The average Bonchev–Trinajstić information content (AvgIpc) is 3.59. The second kappa shape index (κ2) is 11.9. The van der Waals surface area contributed by atoms with E-state index in [9.17, 15) is 0 Å². The Labute approximate surface area is 293 Å². The van der Waals surface area contributed by atoms with Gasteiger partial charge in [0.15, 0.2) is 17.5 Å². The maximum absolute atomic E-state index is 6.50. The molecule has 0 aliphatic heterocycles. The maximum Gasteiger partial charge on any atom is 0.164 e. The van der Waals surface area contributed by atoms with Gasteiger partial charge in [-0.15, -0.1) is 0 Å². The van der Waals surface area contributed by atoms with Gasteiger partial charge in [0.25, 0.3) is 0 Å². The lowest BCUT2D eigenvalue weighted by Crippen LogP contribution is -2.00. The van der Waals surface area contributed by atoms with Crippen LogP contribution in [0.3, 0.4) is 0 Å². The van der Waals surface area contributed by atoms with Crippen LogP contribution in [-0.2, 0) is 0 Å². The van der Waals surface area contributed by atoms with Gasteiger partial charge in [-0.2, -0.15) is 0 Å². The standard InChI is InChI=1S/C46H28N4O/c1-4-13-29(14-5-1)43-36-24-26-40-42(41(36)35-21-10-11-22-38(35)47-43)37-28-33(23-25-39(37)51-40)32-19-12-20-34(27-32)46-49-44(30-15-6-2-7-16-30)48-45(50-46)31-17-8-3-9-18-31/h1-28H. The second-order valence-corrected chi connectivity index (χ2v) is 12.6. The van der Waals surface area contributed by atoms with Crippen molar-refractivity contribution < 1.29 is 4.42 Å². The van der Waals surface area contributed by atoms with Crippen LogP contribution in [0.2, 0.25) is 0 Å². The molecule has 0 radical (unpaired) electrons. The van der Waals surface area contributed by atoms with Crippen molar-refractivity contribution in [1.29, 1.82) is 0 Å². The van der Waals surface area contributed by atoms with Gasteiger partial charge >= 0.3 is 0 Å². The highest BCUT2D eigenvalue weighted by Crippen LogP contribution is 2.42. The maximum atomic E-state index is 6.50. The van der Waals surface area contributed by atoms with Crippen LogP contribution in [-0.4, -0.2) is 19.9 Å². The lowest BCUT2D eigenvalue weighted by molar-refractivity contribution is 0.669. The zero-order chi connectivity index (χ0) is 33.7. The quantitative estimate of drug-likeness (QED) is 0.173. The first-order valence-electron chi connectivity index (χ1n) is 17.0. The number of benzene rings is 7. The number of aromatic nitrogens is 4. The van der Waals surface area contributed by atoms with Gasteiger partial charge in [0.05, 0.1) is 11.2 Å². The van der Waals surface area contributed by atoms with Gasteiger partial charge in [-0.3, -0.25) is 0 Å². The van der Waals surface area contributed by atoms with Gasteiger partial charge in [0.2, 0.25) is 0 Å². The molecule has 238 valence electrons. The van der Waals surface area contributed by atoms with Crippen LogP contribution < -0.4 is 0 Å². The summed E-state index contributed by atoms with van der Waals surface area (Å²) in [5.74, 6) is 1.90. The first-order valence-corrected chi connectivity index (χ1v) is 17.0. The number of hydrogen-bond acceptors (Lipinski definition) is 5. The molecular weight excluding hydrogens is 625 g/mol. The lowest BCUT2D eigenvalue weighted by Gasteiger charge is -2.11. The van der Waals surface area contributed by atoms with Gasteiger partial charge in [-0.05, 0) is 47.5 Å². The fourth-order valence-corrected chi connectivity index (χ4v) is 7.08. The third-order valence-corrected chi connectivity index (χ3v) is 9.50. The molecule has 0 spiro atoms. The first-order chi connectivity index (χ1) is 25.3. The molecule has 0 saturated heterocycles. The largest absolute Gasteiger partial charge is 0.456 e. The van der Waals surface area contributed by atoms with Crippen LogP contribution in [0.5, 0.6) is 0 Å². The summed E-state index contributed by atoms with van der Waals surface area (Å²) in [5, 5.41) is 5.50. The summed E-state index contributed by atoms with van der Waals surface area (Å²) in [4.78, 5) is 20.0. The number of nitrogens with zero attached hydrogens (tertiary/aromatic N) is 4. The van der Waals surface area contributed by atoms with Crippen molar-refractivity contribution in [2.24, 2.45) is 0 Å². The SMILES string of the molecule is c1ccc(-c2nc(-c3ccccc3)nc(-c3cccc(-c4ccc5oc6ccc7c(-c8ccccc8)nc8ccccc8c7c6c5c4)c3)n2)cc1. The molecule has 0 atom stereocenters. The number of furan rings is 1. The van der Waals surface area contributed by atoms with Gasteiger partial charge in [0, 0.05) is 49.2 Å². The van der Waals surface area contributed by atoms with Gasteiger partial charge in [-0.1, -0.05) is 133 Å². The van der Waals surface area contributed by atoms with Crippen molar-refractivity contribution in [3.63, 3.8) is 0 Å². The number of pyridine rings is 1. The van der Waals surface area contributed by atoms with Crippen LogP contribution in [0, 0.1) is 0 Å². The number of para-hydroxylation sites is 1. The van der Waals surface area contributed by atoms with E-state index in [1.165, 1.54) is 0 Å². The average molecular weight is 653 g/mol. The minimum Gasteiger partial charge on any atom is -0.456 e. The predicted molar refractivity (Wildman–Crippen MR) is 207 cm³/mol. The Hall–Kier alpha value is -6.98. The molecule has 5 heteroatoms. The minimum atomic E-state index is 0.623. The van der Waals surface area contributed by atoms with E-state index in [1.54, 1.807) is 0 Å². The monoisotopic (exact) mass is 652 g/mol. The number of rotatable bonds is 5. The third kappa shape index (κ3) is 5.03. The first kappa shape index (κ1) is 29.0. The normalized spacial score (nSPS) is 11.5. The summed E-state index contributed by atoms with van der Waals surface area (Å²) in [5.41, 5.74) is 9.63. The topological polar surface area (TPSA) is 64.7 Å². The summed E-state index contributed by atoms with van der Waals surface area (Å²) in [6, 6.07) is 58.0. The summed E-state index contributed by atoms with van der Waals surface area (Å²) < 4.78 is 6.50. The molecule has 0 aliphatic rings. The fourth-order valence-electron chi connectivity index (χ4n) is 7.08. The van der Waals surface area contributed by atoms with Crippen molar-refractivity contribution in [3.8, 4) is 56.5 Å². The van der Waals surface area contributed by atoms with Crippen LogP contribution in [0.1, 0.15) is 0 Å². The van der Waals surface area contributed by atoms with Gasteiger partial charge in [-0.25, -0.2) is 19.9 Å². The van der Waals surface area contributed by atoms with Crippen molar-refractivity contribution >= 4 is 43.6 Å². The highest BCUT2D eigenvalue weighted by atomic mass is 16.3. The van der Waals surface area contributed by atoms with E-state index in [-0.39, 0.29) is 0 Å². The zero-order valence-corrected chi connectivity index (χ0v) is 27.4. The Morgan fingerprint density at radius 2 is 0.863 bits per heavy atom. The minimum absolute atomic E-state index is 0.623. The second-order valence-electron chi connectivity index (χ2n) is 12.6. The molecule has 0 amide bonds. The van der Waals surface area contributed by atoms with Crippen LogP contribution >= 0.6 is 0 Å². The molecule has 0 bridgehead atoms. The van der Waals surface area contributed by atoms with E-state index in [0.717, 1.165) is 82.7 Å². The molecule has 10 aromatic rings. The fraction of sp³-hybridized carbons (Fsp3) is 0. The molecule has 3 heterocycles. The summed E-state index contributed by atoms with van der Waals surface area (Å²) in [7, 11) is 0. The molecule has 0 saturated carbocycles. The summed E-state index contributed by atoms with van der Waals surface area (Å²) in [6.07, 6.45) is 0. The highest BCUT2D eigenvalue weighted by Gasteiger charge is 2.18. The van der Waals surface area contributed by atoms with Gasteiger partial charge < -0.3 is 4.42 Å². The third-order valence-electron chi connectivity index (χ3n) is 9.50. The summed E-state index contributed by atoms with van der Waals surface area (Å²) in [6.45, 7) is 0. The highest BCUT2D eigenvalue weighted by molar-refractivity contribution is 6.28. The predicted octanol–water partition coefficient (Wildman–Crippen LogP) is 11.8. The lowest BCUT2D eigenvalue weighted by atomic mass is 9.95. The van der Waals surface area contributed by atoms with Gasteiger partial charge in [0.1, 0.15) is 11.2 Å². The molecule has 0 aliphatic carbocycles. The molecule has 0 unspecified atom stereocenters. The Kier molecular flexibility index (Phi) is 6.74. The van der Waals surface area contributed by atoms with Crippen LogP contribution in [0.15, 0.2) is 174 Å². The molecule has 7 aromatic carbocycles. The Morgan fingerprint density at radius 3 is 1.57 bits per heavy atom. The van der Waals surface area contributed by atoms with Crippen molar-refractivity contribution in [3.05, 3.63) is 170 Å². The van der Waals surface area contributed by atoms with E-state index >= 15 is 0 Å². The Balaban J connectivity index is 1.16.